The monoisotopic (exact) mass is 347 g/mol. The first-order valence-corrected chi connectivity index (χ1v) is 8.91. The van der Waals surface area contributed by atoms with E-state index in [0.717, 1.165) is 31.9 Å². The lowest BCUT2D eigenvalue weighted by Gasteiger charge is -2.38. The van der Waals surface area contributed by atoms with Crippen LogP contribution in [0.25, 0.3) is 0 Å². The maximum absolute atomic E-state index is 12.6. The van der Waals surface area contributed by atoms with Crippen LogP contribution in [0.15, 0.2) is 24.3 Å². The summed E-state index contributed by atoms with van der Waals surface area (Å²) in [5.41, 5.74) is 1.63. The fourth-order valence-electron chi connectivity index (χ4n) is 3.11. The topological polar surface area (TPSA) is 64.1 Å². The average Bonchev–Trinajstić information content (AvgIpc) is 2.59. The molecule has 0 unspecified atom stereocenters. The summed E-state index contributed by atoms with van der Waals surface area (Å²) in [7, 11) is 0. The molecule has 1 N–H and O–H groups in total. The first-order chi connectivity index (χ1) is 11.8. The van der Waals surface area contributed by atoms with E-state index in [1.54, 1.807) is 12.1 Å². The van der Waals surface area contributed by atoms with Crippen molar-refractivity contribution in [2.75, 3.05) is 37.6 Å². The first-order valence-electron chi connectivity index (χ1n) is 8.91. The van der Waals surface area contributed by atoms with Gasteiger partial charge in [0.15, 0.2) is 0 Å². The van der Waals surface area contributed by atoms with E-state index in [1.807, 2.05) is 26.0 Å². The van der Waals surface area contributed by atoms with E-state index in [4.69, 9.17) is 5.11 Å². The number of piperazine rings is 1. The van der Waals surface area contributed by atoms with Gasteiger partial charge >= 0.3 is 5.97 Å². The Morgan fingerprint density at radius 1 is 1.04 bits per heavy atom. The van der Waals surface area contributed by atoms with Gasteiger partial charge in [-0.25, -0.2) is 0 Å². The second-order valence-electron chi connectivity index (χ2n) is 7.08. The fourth-order valence-corrected chi connectivity index (χ4v) is 3.11. The Hall–Kier alpha value is -2.08. The first kappa shape index (κ1) is 19.2. The summed E-state index contributed by atoms with van der Waals surface area (Å²) in [6.45, 7) is 11.8. The third-order valence-electron chi connectivity index (χ3n) is 4.71. The molecule has 6 heteroatoms. The van der Waals surface area contributed by atoms with E-state index in [-0.39, 0.29) is 18.5 Å². The molecular weight excluding hydrogens is 318 g/mol. The molecule has 138 valence electrons. The number of hydrogen-bond acceptors (Lipinski definition) is 4. The van der Waals surface area contributed by atoms with Crippen molar-refractivity contribution < 1.29 is 14.7 Å². The van der Waals surface area contributed by atoms with Gasteiger partial charge in [-0.2, -0.15) is 0 Å². The summed E-state index contributed by atoms with van der Waals surface area (Å²) in [5, 5.41) is 9.00. The molecule has 1 aromatic carbocycles. The zero-order valence-corrected chi connectivity index (χ0v) is 15.6. The Kier molecular flexibility index (Phi) is 6.42. The van der Waals surface area contributed by atoms with Crippen molar-refractivity contribution in [2.24, 2.45) is 0 Å². The molecule has 0 atom stereocenters. The van der Waals surface area contributed by atoms with Crippen LogP contribution in [0.3, 0.4) is 0 Å². The lowest BCUT2D eigenvalue weighted by atomic mass is 10.1. The number of rotatable bonds is 6. The summed E-state index contributed by atoms with van der Waals surface area (Å²) in [4.78, 5) is 29.7. The summed E-state index contributed by atoms with van der Waals surface area (Å²) >= 11 is 0. The average molecular weight is 347 g/mol. The molecule has 0 bridgehead atoms. The molecule has 0 spiro atoms. The Morgan fingerprint density at radius 3 is 2.04 bits per heavy atom. The van der Waals surface area contributed by atoms with Crippen LogP contribution in [0.2, 0.25) is 0 Å². The number of hydrogen-bond donors (Lipinski definition) is 1. The van der Waals surface area contributed by atoms with E-state index in [0.29, 0.717) is 11.6 Å². The molecule has 6 nitrogen and oxygen atoms in total. The van der Waals surface area contributed by atoms with E-state index in [9.17, 15) is 9.59 Å². The van der Waals surface area contributed by atoms with Gasteiger partial charge in [-0.15, -0.1) is 0 Å². The number of benzene rings is 1. The predicted molar refractivity (Wildman–Crippen MR) is 99.2 cm³/mol. The molecule has 0 aromatic heterocycles. The summed E-state index contributed by atoms with van der Waals surface area (Å²) < 4.78 is 0. The van der Waals surface area contributed by atoms with E-state index in [2.05, 4.69) is 23.6 Å². The third-order valence-corrected chi connectivity index (χ3v) is 4.71. The molecule has 0 radical (unpaired) electrons. The molecule has 1 saturated heterocycles. The van der Waals surface area contributed by atoms with Gasteiger partial charge in [-0.05, 0) is 52.0 Å². The highest BCUT2D eigenvalue weighted by molar-refractivity contribution is 5.96. The summed E-state index contributed by atoms with van der Waals surface area (Å²) in [6, 6.07) is 7.91. The van der Waals surface area contributed by atoms with Crippen LogP contribution in [0.4, 0.5) is 5.69 Å². The van der Waals surface area contributed by atoms with Crippen molar-refractivity contribution in [1.29, 1.82) is 0 Å². The highest BCUT2D eigenvalue weighted by Gasteiger charge is 2.22. The minimum absolute atomic E-state index is 0.160. The summed E-state index contributed by atoms with van der Waals surface area (Å²) in [5.74, 6) is -1.24. The molecule has 25 heavy (non-hydrogen) atoms. The van der Waals surface area contributed by atoms with Crippen LogP contribution < -0.4 is 4.90 Å². The molecule has 1 amide bonds. The molecule has 0 aliphatic carbocycles. The van der Waals surface area contributed by atoms with E-state index < -0.39 is 5.97 Å². The number of carbonyl (C=O) groups excluding carboxylic acids is 1. The highest BCUT2D eigenvalue weighted by atomic mass is 16.4. The Labute approximate surface area is 150 Å². The number of amides is 1. The minimum atomic E-state index is -0.998. The number of carboxylic acids is 1. The van der Waals surface area contributed by atoms with Crippen LogP contribution in [-0.2, 0) is 4.79 Å². The van der Waals surface area contributed by atoms with Gasteiger partial charge in [0.05, 0.1) is 0 Å². The minimum Gasteiger partial charge on any atom is -0.480 e. The SMILES string of the molecule is CC(C)N1CCN(c2ccc(C(=O)N(CC(=O)O)C(C)C)cc2)CC1. The van der Waals surface area contributed by atoms with Gasteiger partial charge in [0.1, 0.15) is 6.54 Å². The van der Waals surface area contributed by atoms with Crippen molar-refractivity contribution in [3.8, 4) is 0 Å². The van der Waals surface area contributed by atoms with Gasteiger partial charge in [0.2, 0.25) is 0 Å². The smallest absolute Gasteiger partial charge is 0.323 e. The van der Waals surface area contributed by atoms with Crippen molar-refractivity contribution in [2.45, 2.75) is 39.8 Å². The number of aliphatic carboxylic acids is 1. The van der Waals surface area contributed by atoms with Crippen LogP contribution in [0, 0.1) is 0 Å². The molecule has 1 fully saturated rings. The number of nitrogens with zero attached hydrogens (tertiary/aromatic N) is 3. The molecule has 2 rings (SSSR count). The normalized spacial score (nSPS) is 15.7. The van der Waals surface area contributed by atoms with Gasteiger partial charge in [0, 0.05) is 49.5 Å². The van der Waals surface area contributed by atoms with Crippen LogP contribution in [-0.4, -0.2) is 71.6 Å². The fraction of sp³-hybridized carbons (Fsp3) is 0.579. The molecule has 0 saturated carbocycles. The zero-order valence-electron chi connectivity index (χ0n) is 15.6. The van der Waals surface area contributed by atoms with Crippen LogP contribution >= 0.6 is 0 Å². The third kappa shape index (κ3) is 4.95. The molecule has 1 aliphatic heterocycles. The Balaban J connectivity index is 2.04. The summed E-state index contributed by atoms with van der Waals surface area (Å²) in [6.07, 6.45) is 0. The maximum Gasteiger partial charge on any atom is 0.323 e. The van der Waals surface area contributed by atoms with Gasteiger partial charge in [-0.3, -0.25) is 14.5 Å². The molecule has 1 aliphatic rings. The molecule has 1 aromatic rings. The lowest BCUT2D eigenvalue weighted by Crippen LogP contribution is -2.48. The van der Waals surface area contributed by atoms with Crippen molar-refractivity contribution >= 4 is 17.6 Å². The second-order valence-corrected chi connectivity index (χ2v) is 7.08. The van der Waals surface area contributed by atoms with Crippen molar-refractivity contribution in [1.82, 2.24) is 9.80 Å². The lowest BCUT2D eigenvalue weighted by molar-refractivity contribution is -0.138. The van der Waals surface area contributed by atoms with Gasteiger partial charge in [0.25, 0.3) is 5.91 Å². The molecule has 1 heterocycles. The number of carbonyl (C=O) groups is 2. The Bertz CT molecular complexity index is 590. The second kappa shape index (κ2) is 8.34. The van der Waals surface area contributed by atoms with Crippen LogP contribution in [0.5, 0.6) is 0 Å². The maximum atomic E-state index is 12.6. The van der Waals surface area contributed by atoms with Crippen molar-refractivity contribution in [3.05, 3.63) is 29.8 Å². The highest BCUT2D eigenvalue weighted by Crippen LogP contribution is 2.19. The van der Waals surface area contributed by atoms with E-state index in [1.165, 1.54) is 4.90 Å². The number of carboxylic acid groups (broad SMARTS) is 1. The van der Waals surface area contributed by atoms with Gasteiger partial charge < -0.3 is 14.9 Å². The quantitative estimate of drug-likeness (QED) is 0.854. The largest absolute Gasteiger partial charge is 0.480 e. The zero-order chi connectivity index (χ0) is 18.6. The molecular formula is C19H29N3O3. The van der Waals surface area contributed by atoms with E-state index >= 15 is 0 Å². The standard InChI is InChI=1S/C19H29N3O3/c1-14(2)20-9-11-21(12-10-20)17-7-5-16(6-8-17)19(25)22(15(3)4)13-18(23)24/h5-8,14-15H,9-13H2,1-4H3,(H,23,24). The van der Waals surface area contributed by atoms with Crippen molar-refractivity contribution in [3.63, 3.8) is 0 Å². The van der Waals surface area contributed by atoms with Gasteiger partial charge in [-0.1, -0.05) is 0 Å². The predicted octanol–water partition coefficient (Wildman–Crippen LogP) is 2.15. The number of anilines is 1. The van der Waals surface area contributed by atoms with Crippen LogP contribution in [0.1, 0.15) is 38.1 Å². The Morgan fingerprint density at radius 2 is 1.60 bits per heavy atom.